The number of nitro groups is 2. The highest BCUT2D eigenvalue weighted by atomic mass is 16.6. The third-order valence-electron chi connectivity index (χ3n) is 5.98. The molecule has 174 valence electrons. The van der Waals surface area contributed by atoms with Crippen LogP contribution in [0.25, 0.3) is 0 Å². The van der Waals surface area contributed by atoms with Crippen LogP contribution in [0.2, 0.25) is 0 Å². The van der Waals surface area contributed by atoms with E-state index < -0.39 is 57.6 Å². The van der Waals surface area contributed by atoms with Gasteiger partial charge in [-0.3, -0.25) is 25.0 Å². The average Bonchev–Trinajstić information content (AvgIpc) is 2.77. The number of rotatable bonds is 7. The predicted octanol–water partition coefficient (Wildman–Crippen LogP) is 1.91. The van der Waals surface area contributed by atoms with Gasteiger partial charge in [0.2, 0.25) is 5.60 Å². The smallest absolute Gasteiger partial charge is 0.345 e. The van der Waals surface area contributed by atoms with Gasteiger partial charge < -0.3 is 14.9 Å². The van der Waals surface area contributed by atoms with Crippen molar-refractivity contribution in [1.82, 2.24) is 0 Å². The number of carbonyl (C=O) groups excluding carboxylic acids is 2. The number of non-ortho nitro benzene ring substituents is 1. The Morgan fingerprint density at radius 2 is 1.58 bits per heavy atom. The van der Waals surface area contributed by atoms with Crippen molar-refractivity contribution in [3.05, 3.63) is 86.0 Å². The van der Waals surface area contributed by atoms with Crippen molar-refractivity contribution >= 4 is 17.4 Å². The van der Waals surface area contributed by atoms with E-state index in [1.54, 1.807) is 30.3 Å². The molecule has 1 fully saturated rings. The van der Waals surface area contributed by atoms with Crippen LogP contribution in [0, 0.1) is 20.2 Å². The van der Waals surface area contributed by atoms with Gasteiger partial charge in [-0.1, -0.05) is 42.5 Å². The molecule has 4 atom stereocenters. The van der Waals surface area contributed by atoms with E-state index in [0.29, 0.717) is 11.1 Å². The number of aliphatic hydroxyl groups is 2. The predicted molar refractivity (Wildman–Crippen MR) is 113 cm³/mol. The normalized spacial score (nSPS) is 26.9. The molecule has 0 saturated heterocycles. The molecule has 2 aromatic carbocycles. The Labute approximate surface area is 187 Å². The van der Waals surface area contributed by atoms with Crippen molar-refractivity contribution < 1.29 is 34.4 Å². The number of esters is 1. The van der Waals surface area contributed by atoms with Gasteiger partial charge in [0.1, 0.15) is 6.61 Å². The molecular formula is C22H22N2O9. The highest BCUT2D eigenvalue weighted by Crippen LogP contribution is 2.46. The molecule has 0 bridgehead atoms. The van der Waals surface area contributed by atoms with Crippen LogP contribution in [-0.2, 0) is 20.9 Å². The van der Waals surface area contributed by atoms with Crippen LogP contribution in [0.15, 0.2) is 54.6 Å². The van der Waals surface area contributed by atoms with Gasteiger partial charge in [-0.05, 0) is 30.4 Å². The molecule has 0 aliphatic heterocycles. The maximum absolute atomic E-state index is 13.0. The Morgan fingerprint density at radius 3 is 2.09 bits per heavy atom. The second-order valence-electron chi connectivity index (χ2n) is 8.11. The van der Waals surface area contributed by atoms with Crippen molar-refractivity contribution in [2.75, 3.05) is 0 Å². The van der Waals surface area contributed by atoms with E-state index in [-0.39, 0.29) is 12.3 Å². The maximum atomic E-state index is 13.0. The Bertz CT molecular complexity index is 1070. The van der Waals surface area contributed by atoms with E-state index in [1.807, 2.05) is 0 Å². The molecule has 0 unspecified atom stereocenters. The molecular weight excluding hydrogens is 436 g/mol. The van der Waals surface area contributed by atoms with Crippen LogP contribution in [0.4, 0.5) is 5.69 Å². The molecule has 1 aliphatic rings. The van der Waals surface area contributed by atoms with Gasteiger partial charge in [0, 0.05) is 23.5 Å². The van der Waals surface area contributed by atoms with Gasteiger partial charge in [-0.25, -0.2) is 4.79 Å². The summed E-state index contributed by atoms with van der Waals surface area (Å²) < 4.78 is 5.15. The third-order valence-corrected chi connectivity index (χ3v) is 5.98. The number of carbonyl (C=O) groups is 2. The first-order valence-corrected chi connectivity index (χ1v) is 10.0. The summed E-state index contributed by atoms with van der Waals surface area (Å²) in [4.78, 5) is 46.4. The average molecular weight is 458 g/mol. The van der Waals surface area contributed by atoms with Crippen molar-refractivity contribution in [3.8, 4) is 0 Å². The minimum Gasteiger partial charge on any atom is -0.458 e. The molecule has 0 heterocycles. The lowest BCUT2D eigenvalue weighted by Gasteiger charge is -2.44. The van der Waals surface area contributed by atoms with E-state index in [1.165, 1.54) is 24.3 Å². The highest BCUT2D eigenvalue weighted by molar-refractivity contribution is 5.89. The van der Waals surface area contributed by atoms with Gasteiger partial charge in [0.25, 0.3) is 11.7 Å². The van der Waals surface area contributed by atoms with Crippen LogP contribution in [0.1, 0.15) is 36.8 Å². The molecule has 11 nitrogen and oxygen atoms in total. The molecule has 3 rings (SSSR count). The molecule has 2 aromatic rings. The lowest BCUT2D eigenvalue weighted by Crippen LogP contribution is -2.70. The Balaban J connectivity index is 1.99. The van der Waals surface area contributed by atoms with Gasteiger partial charge in [0.15, 0.2) is 11.4 Å². The van der Waals surface area contributed by atoms with Gasteiger partial charge in [0.05, 0.1) is 4.92 Å². The zero-order valence-electron chi connectivity index (χ0n) is 17.6. The number of benzene rings is 2. The number of ether oxygens (including phenoxy) is 1. The van der Waals surface area contributed by atoms with E-state index in [9.17, 15) is 40.0 Å². The Morgan fingerprint density at radius 1 is 1.00 bits per heavy atom. The first-order chi connectivity index (χ1) is 15.5. The number of hydrogen-bond acceptors (Lipinski definition) is 9. The first-order valence-electron chi connectivity index (χ1n) is 10.0. The zero-order chi connectivity index (χ0) is 24.4. The molecule has 0 amide bonds. The lowest BCUT2D eigenvalue weighted by molar-refractivity contribution is -0.565. The van der Waals surface area contributed by atoms with E-state index in [4.69, 9.17) is 4.74 Å². The third kappa shape index (κ3) is 4.59. The summed E-state index contributed by atoms with van der Waals surface area (Å²) in [5.41, 5.74) is -4.79. The van der Waals surface area contributed by atoms with Gasteiger partial charge >= 0.3 is 5.97 Å². The Kier molecular flexibility index (Phi) is 6.56. The summed E-state index contributed by atoms with van der Waals surface area (Å²) in [7, 11) is 0. The summed E-state index contributed by atoms with van der Waals surface area (Å²) in [5, 5.41) is 45.1. The molecule has 1 saturated carbocycles. The van der Waals surface area contributed by atoms with Crippen LogP contribution in [0.5, 0.6) is 0 Å². The number of hydrogen-bond donors (Lipinski definition) is 2. The molecule has 0 spiro atoms. The van der Waals surface area contributed by atoms with Crippen molar-refractivity contribution in [1.29, 1.82) is 0 Å². The maximum Gasteiger partial charge on any atom is 0.345 e. The Hall–Kier alpha value is -3.70. The van der Waals surface area contributed by atoms with Crippen LogP contribution < -0.4 is 0 Å². The van der Waals surface area contributed by atoms with Crippen molar-refractivity contribution in [2.45, 2.75) is 49.5 Å². The fraction of sp³-hybridized carbons (Fsp3) is 0.364. The largest absolute Gasteiger partial charge is 0.458 e. The van der Waals surface area contributed by atoms with Crippen LogP contribution in [0.3, 0.4) is 0 Å². The van der Waals surface area contributed by atoms with Crippen molar-refractivity contribution in [2.24, 2.45) is 0 Å². The minimum atomic E-state index is -2.83. The highest BCUT2D eigenvalue weighted by Gasteiger charge is 2.69. The fourth-order valence-electron chi connectivity index (χ4n) is 4.27. The number of ketones is 1. The number of Topliss-reactive ketones (excluding diaryl/α,β-unsaturated/α-hetero) is 1. The molecule has 0 aromatic heterocycles. The number of nitro benzene ring substituents is 1. The van der Waals surface area contributed by atoms with Crippen LogP contribution >= 0.6 is 0 Å². The summed E-state index contributed by atoms with van der Waals surface area (Å²) in [5.74, 6) is -3.24. The quantitative estimate of drug-likeness (QED) is 0.357. The summed E-state index contributed by atoms with van der Waals surface area (Å²) in [6.07, 6.45) is -0.986. The summed E-state index contributed by atoms with van der Waals surface area (Å²) in [6.45, 7) is 0.650. The topological polar surface area (TPSA) is 170 Å². The van der Waals surface area contributed by atoms with Gasteiger partial charge in [-0.15, -0.1) is 0 Å². The van der Waals surface area contributed by atoms with Crippen molar-refractivity contribution in [3.63, 3.8) is 0 Å². The monoisotopic (exact) mass is 458 g/mol. The number of nitrogens with zero attached hydrogens (tertiary/aromatic N) is 2. The summed E-state index contributed by atoms with van der Waals surface area (Å²) >= 11 is 0. The first kappa shape index (κ1) is 24.0. The minimum absolute atomic E-state index is 0.211. The van der Waals surface area contributed by atoms with E-state index in [0.717, 1.165) is 6.92 Å². The lowest BCUT2D eigenvalue weighted by atomic mass is 9.63. The summed E-state index contributed by atoms with van der Waals surface area (Å²) in [6, 6.07) is 11.1. The molecule has 11 heteroatoms. The molecule has 1 aliphatic carbocycles. The second kappa shape index (κ2) is 9.04. The van der Waals surface area contributed by atoms with Crippen LogP contribution in [-0.4, -0.2) is 49.1 Å². The molecule has 0 radical (unpaired) electrons. The molecule has 2 N–H and O–H groups in total. The standard InChI is InChI=1S/C22H22N2O9/c1-14(25)21(27)11-17(16-7-9-18(10-8-16)23(29)30)12-22(28,19(21)24(31)32)20(26)33-13-15-5-3-2-4-6-15/h2-10,17,19,27-28H,11-13H2,1H3/t17-,19-,21+,22+/m1/s1. The van der Waals surface area contributed by atoms with E-state index >= 15 is 0 Å². The fourth-order valence-corrected chi connectivity index (χ4v) is 4.27. The molecule has 33 heavy (non-hydrogen) atoms. The SMILES string of the molecule is CC(=O)[C@@]1(O)C[C@@H](c2ccc([N+](=O)[O-])cc2)C[C@@](O)(C(=O)OCc2ccccc2)[C@@H]1[N+](=O)[O-]. The van der Waals surface area contributed by atoms with Gasteiger partial charge in [-0.2, -0.15) is 0 Å². The zero-order valence-corrected chi connectivity index (χ0v) is 17.6. The second-order valence-corrected chi connectivity index (χ2v) is 8.11. The van der Waals surface area contributed by atoms with E-state index in [2.05, 4.69) is 0 Å².